The number of nitrogens with one attached hydrogen (secondary N) is 1. The van der Waals surface area contributed by atoms with Gasteiger partial charge in [0.05, 0.1) is 16.6 Å². The molecule has 2 aromatic heterocycles. The Balaban J connectivity index is 1.83. The topological polar surface area (TPSA) is 149 Å². The predicted molar refractivity (Wildman–Crippen MR) is 120 cm³/mol. The van der Waals surface area contributed by atoms with Gasteiger partial charge in [-0.3, -0.25) is 9.36 Å². The number of hydrogen-bond donors (Lipinski definition) is 3. The maximum absolute atomic E-state index is 13.9. The highest BCUT2D eigenvalue weighted by Crippen LogP contribution is 2.26. The smallest absolute Gasteiger partial charge is 0.265 e. The molecule has 0 saturated heterocycles. The molecule has 0 atom stereocenters. The van der Waals surface area contributed by atoms with Gasteiger partial charge in [0.1, 0.15) is 34.9 Å². The first kappa shape index (κ1) is 23.4. The van der Waals surface area contributed by atoms with E-state index in [1.807, 2.05) is 6.07 Å². The second kappa shape index (κ2) is 9.26. The Labute approximate surface area is 194 Å². The fraction of sp³-hybridized carbons (Fsp3) is 0.136. The minimum absolute atomic E-state index is 0.0113. The van der Waals surface area contributed by atoms with Crippen LogP contribution in [0.3, 0.4) is 0 Å². The van der Waals surface area contributed by atoms with Crippen LogP contribution in [-0.4, -0.2) is 26.1 Å². The lowest BCUT2D eigenvalue weighted by molar-refractivity contribution is 0.153. The molecule has 0 aliphatic heterocycles. The number of nitrogen functional groups attached to an aromatic ring is 2. The minimum atomic E-state index is -2.91. The van der Waals surface area contributed by atoms with Crippen molar-refractivity contribution in [3.63, 3.8) is 0 Å². The van der Waals surface area contributed by atoms with Gasteiger partial charge in [0, 0.05) is 24.6 Å². The van der Waals surface area contributed by atoms with Gasteiger partial charge in [-0.1, -0.05) is 12.1 Å². The average Bonchev–Trinajstić information content (AvgIpc) is 2.78. The largest absolute Gasteiger partial charge is 0.382 e. The molecule has 5 N–H and O–H groups in total. The van der Waals surface area contributed by atoms with Gasteiger partial charge < -0.3 is 16.8 Å². The van der Waals surface area contributed by atoms with E-state index in [1.54, 1.807) is 0 Å². The van der Waals surface area contributed by atoms with Crippen LogP contribution in [0.15, 0.2) is 41.2 Å². The second-order valence-electron chi connectivity index (χ2n) is 7.32. The molecule has 0 radical (unpaired) electrons. The van der Waals surface area contributed by atoms with Crippen LogP contribution in [0.4, 0.5) is 35.1 Å². The summed E-state index contributed by atoms with van der Waals surface area (Å²) in [5.41, 5.74) is 9.52. The molecule has 2 heterocycles. The highest BCUT2D eigenvalue weighted by atomic mass is 19.3. The number of halogens is 4. The molecule has 9 nitrogen and oxygen atoms in total. The minimum Gasteiger partial charge on any atom is -0.382 e. The first-order valence-corrected chi connectivity index (χ1v) is 10.1. The molecule has 0 bridgehead atoms. The van der Waals surface area contributed by atoms with E-state index in [9.17, 15) is 27.6 Å². The molecule has 4 rings (SSSR count). The van der Waals surface area contributed by atoms with Crippen molar-refractivity contribution in [1.82, 2.24) is 19.5 Å². The van der Waals surface area contributed by atoms with E-state index in [2.05, 4.69) is 20.3 Å². The standard InChI is InChI=1S/C22H16F4N8O/c23-10-6-11(24)8-12(7-10)34-16(4-5-30-20-15(9-27)19(28)32-22(29)33-20)31-17-13(18(25)26)2-1-3-14(17)21(34)35/h1-3,6-8,18H,4-5H2,(H5,28,29,30,32,33). The van der Waals surface area contributed by atoms with Crippen LogP contribution in [0.1, 0.15) is 23.4 Å². The third-order valence-electron chi connectivity index (χ3n) is 5.05. The van der Waals surface area contributed by atoms with Gasteiger partial charge >= 0.3 is 0 Å². The maximum atomic E-state index is 13.9. The zero-order chi connectivity index (χ0) is 25.3. The van der Waals surface area contributed by atoms with Crippen LogP contribution in [0.2, 0.25) is 0 Å². The number of para-hydroxylation sites is 1. The van der Waals surface area contributed by atoms with Crippen LogP contribution in [0.25, 0.3) is 16.6 Å². The summed E-state index contributed by atoms with van der Waals surface area (Å²) < 4.78 is 56.0. The van der Waals surface area contributed by atoms with E-state index in [-0.39, 0.29) is 58.5 Å². The summed E-state index contributed by atoms with van der Waals surface area (Å²) in [5, 5.41) is 12.0. The van der Waals surface area contributed by atoms with Crippen LogP contribution in [-0.2, 0) is 6.42 Å². The van der Waals surface area contributed by atoms with Crippen LogP contribution in [0.5, 0.6) is 0 Å². The third-order valence-corrected chi connectivity index (χ3v) is 5.05. The molecule has 2 aromatic carbocycles. The van der Waals surface area contributed by atoms with E-state index < -0.39 is 29.2 Å². The molecule has 0 spiro atoms. The van der Waals surface area contributed by atoms with E-state index in [4.69, 9.17) is 11.5 Å². The number of nitrogens with zero attached hydrogens (tertiary/aromatic N) is 5. The lowest BCUT2D eigenvalue weighted by Crippen LogP contribution is -2.26. The zero-order valence-corrected chi connectivity index (χ0v) is 17.8. The first-order chi connectivity index (χ1) is 16.7. The van der Waals surface area contributed by atoms with Crippen molar-refractivity contribution < 1.29 is 17.6 Å². The van der Waals surface area contributed by atoms with Crippen LogP contribution >= 0.6 is 0 Å². The molecular formula is C22H16F4N8O. The molecule has 0 amide bonds. The normalized spacial score (nSPS) is 11.1. The molecule has 0 unspecified atom stereocenters. The molecule has 13 heteroatoms. The molecule has 0 fully saturated rings. The lowest BCUT2D eigenvalue weighted by atomic mass is 10.1. The van der Waals surface area contributed by atoms with Crippen molar-refractivity contribution >= 4 is 28.5 Å². The fourth-order valence-electron chi connectivity index (χ4n) is 3.58. The Bertz CT molecular complexity index is 1530. The van der Waals surface area contributed by atoms with Crippen molar-refractivity contribution in [3.8, 4) is 11.8 Å². The summed E-state index contributed by atoms with van der Waals surface area (Å²) in [5.74, 6) is -2.29. The zero-order valence-electron chi connectivity index (χ0n) is 17.8. The number of benzene rings is 2. The summed E-state index contributed by atoms with van der Waals surface area (Å²) in [4.78, 5) is 25.1. The number of alkyl halides is 2. The number of nitriles is 1. The summed E-state index contributed by atoms with van der Waals surface area (Å²) in [6.07, 6.45) is -3.01. The highest BCUT2D eigenvalue weighted by Gasteiger charge is 2.20. The van der Waals surface area contributed by atoms with Gasteiger partial charge in [-0.15, -0.1) is 0 Å². The Morgan fingerprint density at radius 1 is 1.09 bits per heavy atom. The monoisotopic (exact) mass is 484 g/mol. The number of hydrogen-bond acceptors (Lipinski definition) is 8. The number of fused-ring (bicyclic) bond motifs is 1. The van der Waals surface area contributed by atoms with Crippen LogP contribution < -0.4 is 22.3 Å². The Morgan fingerprint density at radius 2 is 1.80 bits per heavy atom. The predicted octanol–water partition coefficient (Wildman–Crippen LogP) is 3.08. The average molecular weight is 484 g/mol. The molecule has 0 saturated carbocycles. The van der Waals surface area contributed by atoms with E-state index >= 15 is 0 Å². The molecule has 178 valence electrons. The Kier molecular flexibility index (Phi) is 6.20. The fourth-order valence-corrected chi connectivity index (χ4v) is 3.58. The maximum Gasteiger partial charge on any atom is 0.265 e. The molecule has 4 aromatic rings. The number of nitrogens with two attached hydrogens (primary N) is 2. The summed E-state index contributed by atoms with van der Waals surface area (Å²) in [6.45, 7) is -0.0306. The SMILES string of the molecule is N#Cc1c(N)nc(N)nc1NCCc1nc2c(C(F)F)cccc2c(=O)n1-c1cc(F)cc(F)c1. The van der Waals surface area contributed by atoms with Crippen LogP contribution in [0, 0.1) is 23.0 Å². The molecular weight excluding hydrogens is 468 g/mol. The Hall–Kier alpha value is -4.73. The summed E-state index contributed by atoms with van der Waals surface area (Å²) in [7, 11) is 0. The third kappa shape index (κ3) is 4.54. The summed E-state index contributed by atoms with van der Waals surface area (Å²) >= 11 is 0. The van der Waals surface area contributed by atoms with Gasteiger partial charge in [-0.2, -0.15) is 15.2 Å². The van der Waals surface area contributed by atoms with Gasteiger partial charge in [0.25, 0.3) is 12.0 Å². The molecule has 0 aliphatic carbocycles. The van der Waals surface area contributed by atoms with E-state index in [1.165, 1.54) is 12.1 Å². The lowest BCUT2D eigenvalue weighted by Gasteiger charge is -2.16. The van der Waals surface area contributed by atoms with Gasteiger partial charge in [0.15, 0.2) is 5.82 Å². The van der Waals surface area contributed by atoms with Crippen molar-refractivity contribution in [1.29, 1.82) is 5.26 Å². The number of rotatable bonds is 6. The quantitative estimate of drug-likeness (QED) is 0.354. The van der Waals surface area contributed by atoms with Gasteiger partial charge in [-0.05, 0) is 18.2 Å². The number of anilines is 3. The summed E-state index contributed by atoms with van der Waals surface area (Å²) in [6, 6.07) is 8.03. The van der Waals surface area contributed by atoms with Gasteiger partial charge in [-0.25, -0.2) is 22.5 Å². The van der Waals surface area contributed by atoms with E-state index in [0.29, 0.717) is 6.07 Å². The van der Waals surface area contributed by atoms with Crippen molar-refractivity contribution in [2.75, 3.05) is 23.3 Å². The van der Waals surface area contributed by atoms with Crippen molar-refractivity contribution in [2.45, 2.75) is 12.8 Å². The second-order valence-corrected chi connectivity index (χ2v) is 7.32. The van der Waals surface area contributed by atoms with Crippen molar-refractivity contribution in [2.24, 2.45) is 0 Å². The van der Waals surface area contributed by atoms with Crippen molar-refractivity contribution in [3.05, 3.63) is 75.3 Å². The highest BCUT2D eigenvalue weighted by molar-refractivity contribution is 5.81. The first-order valence-electron chi connectivity index (χ1n) is 10.1. The van der Waals surface area contributed by atoms with Gasteiger partial charge in [0.2, 0.25) is 5.95 Å². The number of aromatic nitrogens is 4. The molecule has 35 heavy (non-hydrogen) atoms. The molecule has 0 aliphatic rings. The van der Waals surface area contributed by atoms with E-state index in [0.717, 1.165) is 22.8 Å². The Morgan fingerprint density at radius 3 is 2.46 bits per heavy atom.